The Bertz CT molecular complexity index is 979. The number of hydrogen-bond acceptors (Lipinski definition) is 4. The van der Waals surface area contributed by atoms with Crippen LogP contribution >= 0.6 is 11.3 Å². The minimum absolute atomic E-state index is 0.268. The number of aryl methyl sites for hydroxylation is 2. The van der Waals surface area contributed by atoms with Crippen LogP contribution in [0.5, 0.6) is 0 Å². The number of thiophene rings is 1. The zero-order chi connectivity index (χ0) is 22.3. The summed E-state index contributed by atoms with van der Waals surface area (Å²) in [7, 11) is 0. The topological polar surface area (TPSA) is 59.4 Å². The van der Waals surface area contributed by atoms with E-state index in [4.69, 9.17) is 4.74 Å². The molecule has 0 saturated carbocycles. The van der Waals surface area contributed by atoms with Gasteiger partial charge in [0.1, 0.15) is 0 Å². The summed E-state index contributed by atoms with van der Waals surface area (Å²) in [6, 6.07) is 3.99. The highest BCUT2D eigenvalue weighted by Gasteiger charge is 2.35. The molecule has 1 atom stereocenters. The number of nitrogens with zero attached hydrogens (tertiary/aromatic N) is 1. The number of carbonyl (C=O) groups is 1. The molecule has 0 fully saturated rings. The van der Waals surface area contributed by atoms with Crippen molar-refractivity contribution in [2.45, 2.75) is 79.4 Å². The van der Waals surface area contributed by atoms with Crippen molar-refractivity contribution in [2.75, 3.05) is 0 Å². The quantitative estimate of drug-likeness (QED) is 0.560. The largest absolute Gasteiger partial charge is 0.479 e. The molecular weight excluding hydrogens is 394 g/mol. The fourth-order valence-electron chi connectivity index (χ4n) is 3.97. The van der Waals surface area contributed by atoms with E-state index < -0.39 is 17.7 Å². The van der Waals surface area contributed by atoms with Crippen molar-refractivity contribution in [3.63, 3.8) is 0 Å². The molecule has 0 aromatic carbocycles. The summed E-state index contributed by atoms with van der Waals surface area (Å²) in [5, 5.41) is 10.1. The summed E-state index contributed by atoms with van der Waals surface area (Å²) in [5.74, 6) is -0.951. The third-order valence-electron chi connectivity index (χ3n) is 5.61. The molecule has 162 valence electrons. The van der Waals surface area contributed by atoms with Crippen LogP contribution in [0.2, 0.25) is 0 Å². The Labute approximate surface area is 184 Å². The molecule has 1 aliphatic carbocycles. The Kier molecular flexibility index (Phi) is 6.26. The van der Waals surface area contributed by atoms with Crippen molar-refractivity contribution < 1.29 is 14.6 Å². The normalized spacial score (nSPS) is 17.5. The molecule has 0 radical (unpaired) electrons. The van der Waals surface area contributed by atoms with Crippen LogP contribution in [0.15, 0.2) is 24.4 Å². The van der Waals surface area contributed by atoms with Crippen LogP contribution in [-0.4, -0.2) is 21.7 Å². The lowest BCUT2D eigenvalue weighted by molar-refractivity contribution is -0.160. The Morgan fingerprint density at radius 3 is 2.53 bits per heavy atom. The first kappa shape index (κ1) is 22.7. The van der Waals surface area contributed by atoms with Crippen LogP contribution in [0.3, 0.4) is 0 Å². The zero-order valence-corrected chi connectivity index (χ0v) is 19.9. The average Bonchev–Trinajstić information content (AvgIpc) is 2.96. The van der Waals surface area contributed by atoms with Gasteiger partial charge in [-0.1, -0.05) is 26.0 Å². The number of aliphatic carboxylic acids is 1. The first-order valence-electron chi connectivity index (χ1n) is 10.5. The van der Waals surface area contributed by atoms with Crippen LogP contribution in [-0.2, 0) is 9.53 Å². The number of pyridine rings is 1. The van der Waals surface area contributed by atoms with Crippen LogP contribution in [0.4, 0.5) is 0 Å². The van der Waals surface area contributed by atoms with E-state index >= 15 is 0 Å². The fraction of sp³-hybridized carbons (Fsp3) is 0.520. The molecule has 1 unspecified atom stereocenters. The van der Waals surface area contributed by atoms with Gasteiger partial charge in [0.15, 0.2) is 6.10 Å². The molecule has 0 amide bonds. The monoisotopic (exact) mass is 427 g/mol. The molecule has 5 heteroatoms. The van der Waals surface area contributed by atoms with Crippen LogP contribution in [0.25, 0.3) is 16.1 Å². The lowest BCUT2D eigenvalue weighted by Crippen LogP contribution is -2.28. The SMILES string of the molecule is Cc1cccnc1-c1sc(C)c(C(OC(C)(C)C)C(=O)O)c1C1=CCC(C)(C)CC1. The Morgan fingerprint density at radius 1 is 1.30 bits per heavy atom. The van der Waals surface area contributed by atoms with Gasteiger partial charge in [-0.15, -0.1) is 11.3 Å². The Morgan fingerprint density at radius 2 is 2.00 bits per heavy atom. The third-order valence-corrected chi connectivity index (χ3v) is 6.73. The van der Waals surface area contributed by atoms with Crippen molar-refractivity contribution in [3.8, 4) is 10.6 Å². The van der Waals surface area contributed by atoms with E-state index in [9.17, 15) is 9.90 Å². The van der Waals surface area contributed by atoms with E-state index in [1.165, 1.54) is 5.57 Å². The predicted octanol–water partition coefficient (Wildman–Crippen LogP) is 6.96. The predicted molar refractivity (Wildman–Crippen MR) is 124 cm³/mol. The zero-order valence-electron chi connectivity index (χ0n) is 19.1. The van der Waals surface area contributed by atoms with E-state index in [0.717, 1.165) is 51.4 Å². The number of ether oxygens (including phenoxy) is 1. The van der Waals surface area contributed by atoms with E-state index in [1.54, 1.807) is 17.5 Å². The second-order valence-corrected chi connectivity index (χ2v) is 11.2. The summed E-state index contributed by atoms with van der Waals surface area (Å²) in [6.07, 6.45) is 6.08. The standard InChI is InChI=1S/C25H33NO3S/c1-15-9-8-14-26-20(15)22-19(17-10-12-25(6,7)13-11-17)18(16(2)30-22)21(23(27)28)29-24(3,4)5/h8-10,14,21H,11-13H2,1-7H3,(H,27,28). The third kappa shape index (κ3) is 4.84. The highest BCUT2D eigenvalue weighted by molar-refractivity contribution is 7.16. The maximum Gasteiger partial charge on any atom is 0.337 e. The van der Waals surface area contributed by atoms with E-state index in [0.29, 0.717) is 0 Å². The van der Waals surface area contributed by atoms with Gasteiger partial charge in [0.05, 0.1) is 16.2 Å². The van der Waals surface area contributed by atoms with Gasteiger partial charge < -0.3 is 9.84 Å². The number of aromatic nitrogens is 1. The van der Waals surface area contributed by atoms with E-state index in [2.05, 4.69) is 37.9 Å². The van der Waals surface area contributed by atoms with Crippen molar-refractivity contribution in [1.82, 2.24) is 4.98 Å². The molecule has 2 heterocycles. The highest BCUT2D eigenvalue weighted by atomic mass is 32.1. The van der Waals surface area contributed by atoms with Crippen LogP contribution < -0.4 is 0 Å². The van der Waals surface area contributed by atoms with Gasteiger partial charge in [-0.25, -0.2) is 4.79 Å². The first-order chi connectivity index (χ1) is 13.9. The van der Waals surface area contributed by atoms with E-state index in [-0.39, 0.29) is 5.41 Å². The Balaban J connectivity index is 2.26. The van der Waals surface area contributed by atoms with Gasteiger partial charge >= 0.3 is 5.97 Å². The number of carboxylic acid groups (broad SMARTS) is 1. The molecule has 0 saturated heterocycles. The van der Waals surface area contributed by atoms with Gasteiger partial charge in [0.25, 0.3) is 0 Å². The van der Waals surface area contributed by atoms with Crippen molar-refractivity contribution in [3.05, 3.63) is 46.0 Å². The summed E-state index contributed by atoms with van der Waals surface area (Å²) < 4.78 is 6.08. The van der Waals surface area contributed by atoms with Crippen LogP contribution in [0.1, 0.15) is 81.6 Å². The molecule has 4 nitrogen and oxygen atoms in total. The molecule has 0 bridgehead atoms. The van der Waals surface area contributed by atoms with Crippen molar-refractivity contribution in [2.24, 2.45) is 5.41 Å². The molecule has 2 aromatic rings. The lowest BCUT2D eigenvalue weighted by atomic mass is 9.76. The van der Waals surface area contributed by atoms with Gasteiger partial charge in [-0.2, -0.15) is 0 Å². The lowest BCUT2D eigenvalue weighted by Gasteiger charge is -2.30. The fourth-order valence-corrected chi connectivity index (χ4v) is 5.25. The van der Waals surface area contributed by atoms with Gasteiger partial charge in [-0.3, -0.25) is 4.98 Å². The summed E-state index contributed by atoms with van der Waals surface area (Å²) in [6.45, 7) is 14.3. The molecule has 0 aliphatic heterocycles. The second-order valence-electron chi connectivity index (χ2n) is 9.99. The van der Waals surface area contributed by atoms with Gasteiger partial charge in [0, 0.05) is 22.2 Å². The number of carboxylic acids is 1. The molecule has 1 N–H and O–H groups in total. The van der Waals surface area contributed by atoms with Gasteiger partial charge in [0.2, 0.25) is 0 Å². The molecule has 30 heavy (non-hydrogen) atoms. The minimum Gasteiger partial charge on any atom is -0.479 e. The average molecular weight is 428 g/mol. The maximum absolute atomic E-state index is 12.3. The second kappa shape index (κ2) is 8.27. The minimum atomic E-state index is -1.01. The smallest absolute Gasteiger partial charge is 0.337 e. The first-order valence-corrected chi connectivity index (χ1v) is 11.4. The van der Waals surface area contributed by atoms with Crippen molar-refractivity contribution in [1.29, 1.82) is 0 Å². The number of allylic oxidation sites excluding steroid dienone is 2. The molecular formula is C25H33NO3S. The molecule has 1 aliphatic rings. The molecule has 2 aromatic heterocycles. The van der Waals surface area contributed by atoms with E-state index in [1.807, 2.05) is 33.8 Å². The summed E-state index contributed by atoms with van der Waals surface area (Å²) in [5.41, 5.74) is 4.74. The van der Waals surface area contributed by atoms with Crippen LogP contribution in [0, 0.1) is 19.3 Å². The summed E-state index contributed by atoms with van der Waals surface area (Å²) >= 11 is 1.63. The molecule has 0 spiro atoms. The summed E-state index contributed by atoms with van der Waals surface area (Å²) in [4.78, 5) is 19.0. The van der Waals surface area contributed by atoms with Gasteiger partial charge in [-0.05, 0) is 76.5 Å². The number of hydrogen-bond donors (Lipinski definition) is 1. The molecule has 3 rings (SSSR count). The Hall–Kier alpha value is -1.98. The van der Waals surface area contributed by atoms with Crippen molar-refractivity contribution >= 4 is 22.9 Å². The maximum atomic E-state index is 12.3. The highest BCUT2D eigenvalue weighted by Crippen LogP contribution is 2.48. The number of rotatable bonds is 5.